The molecular formula is C15H19N3O. The summed E-state index contributed by atoms with van der Waals surface area (Å²) in [6.45, 7) is 0. The molecule has 2 aliphatic rings. The van der Waals surface area contributed by atoms with Gasteiger partial charge in [-0.05, 0) is 18.4 Å². The number of carbonyl (C=O) groups is 1. The molecule has 1 aromatic rings. The van der Waals surface area contributed by atoms with Crippen molar-refractivity contribution in [1.82, 2.24) is 10.6 Å². The number of guanidine groups is 1. The molecule has 1 unspecified atom stereocenters. The predicted octanol–water partition coefficient (Wildman–Crippen LogP) is 1.62. The van der Waals surface area contributed by atoms with Gasteiger partial charge in [-0.25, -0.2) is 4.99 Å². The molecule has 1 saturated carbocycles. The Morgan fingerprint density at radius 2 is 1.95 bits per heavy atom. The lowest BCUT2D eigenvalue weighted by molar-refractivity contribution is -0.120. The number of nitrogens with one attached hydrogen (secondary N) is 2. The third-order valence-corrected chi connectivity index (χ3v) is 3.80. The van der Waals surface area contributed by atoms with Gasteiger partial charge in [0.25, 0.3) is 5.91 Å². The summed E-state index contributed by atoms with van der Waals surface area (Å²) in [7, 11) is 0. The van der Waals surface area contributed by atoms with Gasteiger partial charge >= 0.3 is 0 Å². The van der Waals surface area contributed by atoms with E-state index in [0.717, 1.165) is 5.56 Å². The lowest BCUT2D eigenvalue weighted by atomic mass is 10.1. The molecule has 1 aliphatic carbocycles. The highest BCUT2D eigenvalue weighted by molar-refractivity contribution is 6.05. The van der Waals surface area contributed by atoms with Crippen molar-refractivity contribution >= 4 is 11.9 Å². The Morgan fingerprint density at radius 1 is 1.21 bits per heavy atom. The van der Waals surface area contributed by atoms with Gasteiger partial charge < -0.3 is 5.32 Å². The van der Waals surface area contributed by atoms with Crippen LogP contribution in [0.25, 0.3) is 0 Å². The second-order valence-electron chi connectivity index (χ2n) is 5.30. The van der Waals surface area contributed by atoms with Crippen LogP contribution < -0.4 is 10.6 Å². The summed E-state index contributed by atoms with van der Waals surface area (Å²) in [5, 5.41) is 6.19. The van der Waals surface area contributed by atoms with Crippen molar-refractivity contribution in [2.24, 2.45) is 4.99 Å². The highest BCUT2D eigenvalue weighted by Gasteiger charge is 2.28. The Kier molecular flexibility index (Phi) is 3.49. The van der Waals surface area contributed by atoms with Gasteiger partial charge in [0.2, 0.25) is 0 Å². The quantitative estimate of drug-likeness (QED) is 0.864. The summed E-state index contributed by atoms with van der Waals surface area (Å²) < 4.78 is 0. The van der Waals surface area contributed by atoms with E-state index in [0.29, 0.717) is 18.4 Å². The Balaban J connectivity index is 1.62. The molecule has 4 heteroatoms. The Bertz CT molecular complexity index is 477. The minimum atomic E-state index is -0.286. The molecule has 0 spiro atoms. The van der Waals surface area contributed by atoms with Crippen LogP contribution in [-0.2, 0) is 11.2 Å². The number of rotatable bonds is 3. The Morgan fingerprint density at radius 3 is 2.68 bits per heavy atom. The van der Waals surface area contributed by atoms with Crippen molar-refractivity contribution in [2.75, 3.05) is 0 Å². The lowest BCUT2D eigenvalue weighted by Crippen LogP contribution is -2.41. The largest absolute Gasteiger partial charge is 0.353 e. The molecule has 0 bridgehead atoms. The van der Waals surface area contributed by atoms with E-state index in [2.05, 4.69) is 15.6 Å². The normalized spacial score (nSPS) is 23.3. The molecule has 1 heterocycles. The zero-order valence-electron chi connectivity index (χ0n) is 10.9. The van der Waals surface area contributed by atoms with Crippen LogP contribution in [0.2, 0.25) is 0 Å². The van der Waals surface area contributed by atoms with E-state index in [-0.39, 0.29) is 11.9 Å². The maximum atomic E-state index is 11.9. The van der Waals surface area contributed by atoms with Crippen LogP contribution in [0.4, 0.5) is 0 Å². The average Bonchev–Trinajstić information content (AvgIpc) is 3.02. The van der Waals surface area contributed by atoms with Gasteiger partial charge in [0.15, 0.2) is 5.96 Å². The lowest BCUT2D eigenvalue weighted by Gasteiger charge is -2.11. The Labute approximate surface area is 113 Å². The maximum absolute atomic E-state index is 11.9. The molecule has 0 aromatic heterocycles. The van der Waals surface area contributed by atoms with E-state index in [1.807, 2.05) is 30.3 Å². The predicted molar refractivity (Wildman–Crippen MR) is 74.9 cm³/mol. The molecule has 0 saturated heterocycles. The van der Waals surface area contributed by atoms with Crippen molar-refractivity contribution in [2.45, 2.75) is 44.2 Å². The minimum absolute atomic E-state index is 0.00403. The number of hydrogen-bond acceptors (Lipinski definition) is 3. The van der Waals surface area contributed by atoms with Crippen molar-refractivity contribution < 1.29 is 4.79 Å². The molecule has 1 aromatic carbocycles. The zero-order chi connectivity index (χ0) is 13.1. The molecule has 100 valence electrons. The van der Waals surface area contributed by atoms with E-state index >= 15 is 0 Å². The molecule has 3 rings (SSSR count). The van der Waals surface area contributed by atoms with E-state index in [1.165, 1.54) is 25.7 Å². The summed E-state index contributed by atoms with van der Waals surface area (Å²) in [4.78, 5) is 16.4. The summed E-state index contributed by atoms with van der Waals surface area (Å²) >= 11 is 0. The van der Waals surface area contributed by atoms with E-state index in [4.69, 9.17) is 0 Å². The molecule has 0 radical (unpaired) electrons. The third kappa shape index (κ3) is 2.95. The number of nitrogens with zero attached hydrogens (tertiary/aromatic N) is 1. The van der Waals surface area contributed by atoms with Crippen molar-refractivity contribution in [3.8, 4) is 0 Å². The van der Waals surface area contributed by atoms with Gasteiger partial charge in [0.1, 0.15) is 6.04 Å². The van der Waals surface area contributed by atoms with Gasteiger partial charge in [0.05, 0.1) is 0 Å². The standard InChI is InChI=1S/C15H19N3O/c19-14-13(10-11-6-2-1-3-7-11)17-15(18-14)16-12-8-4-5-9-12/h1-3,6-7,12-13H,4-5,8-10H2,(H2,16,17,18,19). The Hall–Kier alpha value is -1.84. The monoisotopic (exact) mass is 257 g/mol. The number of aliphatic imine (C=N–C) groups is 1. The topological polar surface area (TPSA) is 53.5 Å². The highest BCUT2D eigenvalue weighted by Crippen LogP contribution is 2.18. The summed E-state index contributed by atoms with van der Waals surface area (Å²) in [6.07, 6.45) is 5.57. The van der Waals surface area contributed by atoms with Crippen LogP contribution >= 0.6 is 0 Å². The smallest absolute Gasteiger partial charge is 0.251 e. The molecule has 2 N–H and O–H groups in total. The van der Waals surface area contributed by atoms with Gasteiger partial charge in [-0.15, -0.1) is 0 Å². The molecule has 1 aliphatic heterocycles. The molecular weight excluding hydrogens is 238 g/mol. The minimum Gasteiger partial charge on any atom is -0.353 e. The van der Waals surface area contributed by atoms with Gasteiger partial charge in [-0.2, -0.15) is 0 Å². The summed E-state index contributed by atoms with van der Waals surface area (Å²) in [6, 6.07) is 10.2. The molecule has 1 amide bonds. The van der Waals surface area contributed by atoms with Gasteiger partial charge in [-0.3, -0.25) is 10.1 Å². The fourth-order valence-electron chi connectivity index (χ4n) is 2.76. The van der Waals surface area contributed by atoms with E-state index < -0.39 is 0 Å². The van der Waals surface area contributed by atoms with Crippen LogP contribution in [-0.4, -0.2) is 24.0 Å². The van der Waals surface area contributed by atoms with Crippen molar-refractivity contribution in [1.29, 1.82) is 0 Å². The zero-order valence-corrected chi connectivity index (χ0v) is 10.9. The van der Waals surface area contributed by atoms with Gasteiger partial charge in [0, 0.05) is 12.5 Å². The SMILES string of the molecule is O=C1NC(NC2CCCC2)=NC1Cc1ccccc1. The summed E-state index contributed by atoms with van der Waals surface area (Å²) in [5.41, 5.74) is 1.15. The number of hydrogen-bond donors (Lipinski definition) is 2. The highest BCUT2D eigenvalue weighted by atomic mass is 16.2. The summed E-state index contributed by atoms with van der Waals surface area (Å²) in [5.74, 6) is 0.669. The molecule has 19 heavy (non-hydrogen) atoms. The number of carbonyl (C=O) groups excluding carboxylic acids is 1. The van der Waals surface area contributed by atoms with Crippen LogP contribution in [0, 0.1) is 0 Å². The van der Waals surface area contributed by atoms with Crippen LogP contribution in [0.15, 0.2) is 35.3 Å². The maximum Gasteiger partial charge on any atom is 0.251 e. The van der Waals surface area contributed by atoms with Crippen LogP contribution in [0.3, 0.4) is 0 Å². The van der Waals surface area contributed by atoms with Gasteiger partial charge in [-0.1, -0.05) is 43.2 Å². The van der Waals surface area contributed by atoms with Crippen LogP contribution in [0.5, 0.6) is 0 Å². The molecule has 1 atom stereocenters. The van der Waals surface area contributed by atoms with Crippen LogP contribution in [0.1, 0.15) is 31.2 Å². The van der Waals surface area contributed by atoms with Crippen molar-refractivity contribution in [3.05, 3.63) is 35.9 Å². The first kappa shape index (κ1) is 12.2. The second-order valence-corrected chi connectivity index (χ2v) is 5.30. The first-order chi connectivity index (χ1) is 9.31. The number of benzene rings is 1. The molecule has 1 fully saturated rings. The number of amides is 1. The third-order valence-electron chi connectivity index (χ3n) is 3.80. The molecule has 4 nitrogen and oxygen atoms in total. The van der Waals surface area contributed by atoms with Crippen molar-refractivity contribution in [3.63, 3.8) is 0 Å². The first-order valence-corrected chi connectivity index (χ1v) is 7.00. The first-order valence-electron chi connectivity index (χ1n) is 7.00. The average molecular weight is 257 g/mol. The fourth-order valence-corrected chi connectivity index (χ4v) is 2.76. The van der Waals surface area contributed by atoms with E-state index in [9.17, 15) is 4.79 Å². The second kappa shape index (κ2) is 5.43. The van der Waals surface area contributed by atoms with E-state index in [1.54, 1.807) is 0 Å². The fraction of sp³-hybridized carbons (Fsp3) is 0.467.